The summed E-state index contributed by atoms with van der Waals surface area (Å²) in [5.41, 5.74) is -0.889. The van der Waals surface area contributed by atoms with Gasteiger partial charge in [0.1, 0.15) is 5.60 Å². The SMILES string of the molecule is CN=C(NCCNC(=O)C(C)(C)C)NC1CCCN(C(=O)OC(C)(C)C)C1. The number of hydrogen-bond donors (Lipinski definition) is 3. The topological polar surface area (TPSA) is 95.1 Å². The maximum atomic E-state index is 12.3. The predicted octanol–water partition coefficient (Wildman–Crippen LogP) is 1.71. The summed E-state index contributed by atoms with van der Waals surface area (Å²) in [6, 6.07) is 0.113. The maximum Gasteiger partial charge on any atom is 0.410 e. The number of carbonyl (C=O) groups is 2. The number of piperidine rings is 1. The van der Waals surface area contributed by atoms with E-state index in [9.17, 15) is 9.59 Å². The summed E-state index contributed by atoms with van der Waals surface area (Å²) >= 11 is 0. The van der Waals surface area contributed by atoms with Gasteiger partial charge in [-0.2, -0.15) is 0 Å². The van der Waals surface area contributed by atoms with Gasteiger partial charge in [0.25, 0.3) is 0 Å². The summed E-state index contributed by atoms with van der Waals surface area (Å²) in [6.45, 7) is 13.6. The summed E-state index contributed by atoms with van der Waals surface area (Å²) in [5.74, 6) is 0.684. The van der Waals surface area contributed by atoms with Gasteiger partial charge in [0.15, 0.2) is 5.96 Å². The van der Waals surface area contributed by atoms with E-state index >= 15 is 0 Å². The van der Waals surface area contributed by atoms with Gasteiger partial charge in [-0.05, 0) is 33.6 Å². The van der Waals surface area contributed by atoms with E-state index in [4.69, 9.17) is 4.74 Å². The van der Waals surface area contributed by atoms with E-state index < -0.39 is 11.0 Å². The lowest BCUT2D eigenvalue weighted by Crippen LogP contribution is -2.53. The van der Waals surface area contributed by atoms with Crippen molar-refractivity contribution in [1.82, 2.24) is 20.9 Å². The first kappa shape index (κ1) is 23.0. The second-order valence-electron chi connectivity index (χ2n) is 8.91. The molecule has 1 rings (SSSR count). The fraction of sp³-hybridized carbons (Fsp3) is 0.842. The molecule has 1 fully saturated rings. The number of nitrogens with one attached hydrogen (secondary N) is 3. The highest BCUT2D eigenvalue weighted by atomic mass is 16.6. The maximum absolute atomic E-state index is 12.3. The number of guanidine groups is 1. The molecule has 1 atom stereocenters. The average molecular weight is 384 g/mol. The second kappa shape index (κ2) is 9.80. The van der Waals surface area contributed by atoms with Crippen LogP contribution >= 0.6 is 0 Å². The van der Waals surface area contributed by atoms with Gasteiger partial charge in [-0.25, -0.2) is 4.79 Å². The lowest BCUT2D eigenvalue weighted by atomic mass is 9.96. The predicted molar refractivity (Wildman–Crippen MR) is 108 cm³/mol. The molecular formula is C19H37N5O3. The van der Waals surface area contributed by atoms with Crippen LogP contribution in [0.15, 0.2) is 4.99 Å². The molecule has 8 heteroatoms. The van der Waals surface area contributed by atoms with Crippen LogP contribution in [0.25, 0.3) is 0 Å². The lowest BCUT2D eigenvalue weighted by Gasteiger charge is -2.35. The monoisotopic (exact) mass is 383 g/mol. The molecular weight excluding hydrogens is 346 g/mol. The Morgan fingerprint density at radius 2 is 1.74 bits per heavy atom. The zero-order valence-electron chi connectivity index (χ0n) is 17.9. The van der Waals surface area contributed by atoms with Gasteiger partial charge in [0, 0.05) is 44.7 Å². The van der Waals surface area contributed by atoms with Crippen LogP contribution in [0.4, 0.5) is 4.79 Å². The summed E-state index contributed by atoms with van der Waals surface area (Å²) in [7, 11) is 1.71. The van der Waals surface area contributed by atoms with E-state index in [0.29, 0.717) is 32.1 Å². The first-order chi connectivity index (χ1) is 12.4. The molecule has 0 aromatic carbocycles. The van der Waals surface area contributed by atoms with Gasteiger partial charge in [-0.1, -0.05) is 20.8 Å². The van der Waals surface area contributed by atoms with E-state index in [1.807, 2.05) is 41.5 Å². The summed E-state index contributed by atoms with van der Waals surface area (Å²) in [5, 5.41) is 9.44. The van der Waals surface area contributed by atoms with Crippen molar-refractivity contribution in [3.63, 3.8) is 0 Å². The van der Waals surface area contributed by atoms with Gasteiger partial charge in [0.05, 0.1) is 0 Å². The number of carbonyl (C=O) groups excluding carboxylic acids is 2. The molecule has 0 spiro atoms. The molecule has 1 saturated heterocycles. The number of nitrogens with zero attached hydrogens (tertiary/aromatic N) is 2. The van der Waals surface area contributed by atoms with Crippen molar-refractivity contribution in [2.24, 2.45) is 10.4 Å². The van der Waals surface area contributed by atoms with Gasteiger partial charge in [-0.3, -0.25) is 9.79 Å². The minimum Gasteiger partial charge on any atom is -0.444 e. The van der Waals surface area contributed by atoms with Crippen molar-refractivity contribution < 1.29 is 14.3 Å². The van der Waals surface area contributed by atoms with Crippen molar-refractivity contribution >= 4 is 18.0 Å². The Labute approximate surface area is 163 Å². The number of amides is 2. The molecule has 156 valence electrons. The zero-order chi connectivity index (χ0) is 20.7. The van der Waals surface area contributed by atoms with Crippen LogP contribution in [0.3, 0.4) is 0 Å². The largest absolute Gasteiger partial charge is 0.444 e. The van der Waals surface area contributed by atoms with E-state index in [0.717, 1.165) is 12.8 Å². The highest BCUT2D eigenvalue weighted by Gasteiger charge is 2.28. The number of likely N-dealkylation sites (tertiary alicyclic amines) is 1. The normalized spacial score (nSPS) is 18.7. The average Bonchev–Trinajstić information content (AvgIpc) is 2.55. The van der Waals surface area contributed by atoms with E-state index in [1.54, 1.807) is 11.9 Å². The molecule has 1 aliphatic rings. The number of aliphatic imine (C=N–C) groups is 1. The van der Waals surface area contributed by atoms with E-state index in [1.165, 1.54) is 0 Å². The standard InChI is InChI=1S/C19H37N5O3/c1-18(2,3)15(25)21-10-11-22-16(20-7)23-14-9-8-12-24(13-14)17(26)27-19(4,5)6/h14H,8-13H2,1-7H3,(H,21,25)(H2,20,22,23). The van der Waals surface area contributed by atoms with E-state index in [-0.39, 0.29) is 18.0 Å². The molecule has 1 aliphatic heterocycles. The fourth-order valence-electron chi connectivity index (χ4n) is 2.60. The van der Waals surface area contributed by atoms with Crippen LogP contribution in [-0.4, -0.2) is 67.7 Å². The molecule has 0 aromatic rings. The smallest absolute Gasteiger partial charge is 0.410 e. The van der Waals surface area contributed by atoms with Crippen molar-refractivity contribution in [1.29, 1.82) is 0 Å². The molecule has 0 saturated carbocycles. The van der Waals surface area contributed by atoms with Crippen LogP contribution in [0, 0.1) is 5.41 Å². The Morgan fingerprint density at radius 3 is 2.30 bits per heavy atom. The van der Waals surface area contributed by atoms with Crippen LogP contribution in [0.5, 0.6) is 0 Å². The molecule has 2 amide bonds. The van der Waals surface area contributed by atoms with Gasteiger partial charge in [0.2, 0.25) is 5.91 Å². The third kappa shape index (κ3) is 8.97. The van der Waals surface area contributed by atoms with Crippen LogP contribution < -0.4 is 16.0 Å². The Balaban J connectivity index is 2.41. The first-order valence-corrected chi connectivity index (χ1v) is 9.66. The van der Waals surface area contributed by atoms with Crippen LogP contribution in [0.2, 0.25) is 0 Å². The molecule has 27 heavy (non-hydrogen) atoms. The lowest BCUT2D eigenvalue weighted by molar-refractivity contribution is -0.128. The fourth-order valence-corrected chi connectivity index (χ4v) is 2.60. The van der Waals surface area contributed by atoms with Crippen LogP contribution in [-0.2, 0) is 9.53 Å². The van der Waals surface area contributed by atoms with E-state index in [2.05, 4.69) is 20.9 Å². The van der Waals surface area contributed by atoms with Gasteiger partial charge >= 0.3 is 6.09 Å². The molecule has 1 heterocycles. The Bertz CT molecular complexity index is 534. The number of rotatable bonds is 4. The Hall–Kier alpha value is -1.99. The zero-order valence-corrected chi connectivity index (χ0v) is 17.9. The van der Waals surface area contributed by atoms with Crippen LogP contribution in [0.1, 0.15) is 54.4 Å². The molecule has 0 aliphatic carbocycles. The highest BCUT2D eigenvalue weighted by Crippen LogP contribution is 2.15. The quantitative estimate of drug-likeness (QED) is 0.390. The molecule has 0 radical (unpaired) electrons. The molecule has 8 nitrogen and oxygen atoms in total. The molecule has 1 unspecified atom stereocenters. The van der Waals surface area contributed by atoms with Crippen molar-refractivity contribution in [3.8, 4) is 0 Å². The molecule has 0 aromatic heterocycles. The van der Waals surface area contributed by atoms with Crippen molar-refractivity contribution in [2.45, 2.75) is 66.0 Å². The minimum atomic E-state index is -0.494. The minimum absolute atomic E-state index is 0.0209. The third-order valence-corrected chi connectivity index (χ3v) is 4.02. The summed E-state index contributed by atoms with van der Waals surface area (Å²) < 4.78 is 5.46. The Morgan fingerprint density at radius 1 is 1.11 bits per heavy atom. The number of hydrogen-bond acceptors (Lipinski definition) is 4. The van der Waals surface area contributed by atoms with Crippen molar-refractivity contribution in [3.05, 3.63) is 0 Å². The highest BCUT2D eigenvalue weighted by molar-refractivity contribution is 5.82. The molecule has 0 bridgehead atoms. The Kier molecular flexibility index (Phi) is 8.37. The summed E-state index contributed by atoms with van der Waals surface area (Å²) in [4.78, 5) is 30.1. The van der Waals surface area contributed by atoms with Gasteiger partial charge in [-0.15, -0.1) is 0 Å². The summed E-state index contributed by atoms with van der Waals surface area (Å²) in [6.07, 6.45) is 1.60. The third-order valence-electron chi connectivity index (χ3n) is 4.02. The van der Waals surface area contributed by atoms with Crippen molar-refractivity contribution in [2.75, 3.05) is 33.2 Å². The first-order valence-electron chi connectivity index (χ1n) is 9.66. The number of ether oxygens (including phenoxy) is 1. The second-order valence-corrected chi connectivity index (χ2v) is 8.91. The molecule has 3 N–H and O–H groups in total. The van der Waals surface area contributed by atoms with Gasteiger partial charge < -0.3 is 25.6 Å².